The predicted molar refractivity (Wildman–Crippen MR) is 69.2 cm³/mol. The molecule has 17 heavy (non-hydrogen) atoms. The van der Waals surface area contributed by atoms with Crippen molar-refractivity contribution in [2.24, 2.45) is 5.73 Å². The molecule has 0 aromatic carbocycles. The first kappa shape index (κ1) is 14.0. The van der Waals surface area contributed by atoms with E-state index in [4.69, 9.17) is 5.73 Å². The van der Waals surface area contributed by atoms with Crippen molar-refractivity contribution in [1.82, 2.24) is 4.98 Å². The Morgan fingerprint density at radius 1 is 1.53 bits per heavy atom. The SMILES string of the molecule is CC(C)(C)OC(N)=O.Cc1ncsc1C1CC1. The van der Waals surface area contributed by atoms with E-state index in [1.165, 1.54) is 23.4 Å². The van der Waals surface area contributed by atoms with E-state index in [0.29, 0.717) is 0 Å². The van der Waals surface area contributed by atoms with Gasteiger partial charge in [-0.3, -0.25) is 0 Å². The Bertz CT molecular complexity index is 378. The molecule has 0 spiro atoms. The molecular formula is C12H20N2O2S. The number of carbonyl (C=O) groups excluding carboxylic acids is 1. The van der Waals surface area contributed by atoms with E-state index in [-0.39, 0.29) is 0 Å². The molecule has 1 aliphatic carbocycles. The third-order valence-corrected chi connectivity index (χ3v) is 3.23. The maximum atomic E-state index is 10.0. The minimum atomic E-state index is -0.725. The van der Waals surface area contributed by atoms with Gasteiger partial charge in [0, 0.05) is 4.88 Å². The molecule has 5 heteroatoms. The molecule has 1 aromatic heterocycles. The van der Waals surface area contributed by atoms with Crippen LogP contribution in [0, 0.1) is 6.92 Å². The summed E-state index contributed by atoms with van der Waals surface area (Å²) in [5.74, 6) is 0.887. The number of hydrogen-bond acceptors (Lipinski definition) is 4. The van der Waals surface area contributed by atoms with Crippen LogP contribution in [0.15, 0.2) is 5.51 Å². The Morgan fingerprint density at radius 2 is 2.12 bits per heavy atom. The molecule has 1 amide bonds. The maximum absolute atomic E-state index is 10.0. The molecule has 0 atom stereocenters. The quantitative estimate of drug-likeness (QED) is 0.839. The highest BCUT2D eigenvalue weighted by Crippen LogP contribution is 2.43. The molecule has 2 N–H and O–H groups in total. The van der Waals surface area contributed by atoms with Crippen molar-refractivity contribution < 1.29 is 9.53 Å². The molecule has 0 bridgehead atoms. The number of ether oxygens (including phenoxy) is 1. The van der Waals surface area contributed by atoms with Gasteiger partial charge in [0.2, 0.25) is 0 Å². The second-order valence-electron chi connectivity index (χ2n) is 5.11. The highest BCUT2D eigenvalue weighted by atomic mass is 32.1. The van der Waals surface area contributed by atoms with Crippen molar-refractivity contribution in [1.29, 1.82) is 0 Å². The van der Waals surface area contributed by atoms with E-state index in [2.05, 4.69) is 16.6 Å². The van der Waals surface area contributed by atoms with E-state index in [1.807, 2.05) is 16.8 Å². The second-order valence-corrected chi connectivity index (χ2v) is 6.00. The smallest absolute Gasteiger partial charge is 0.405 e. The molecule has 1 fully saturated rings. The standard InChI is InChI=1S/C7H9NS.C5H11NO2/c1-5-7(6-2-3-6)9-4-8-5;1-5(2,3)8-4(6)7/h4,6H,2-3H2,1H3;1-3H3,(H2,6,7). The van der Waals surface area contributed by atoms with Crippen molar-refractivity contribution in [2.75, 3.05) is 0 Å². The fourth-order valence-electron chi connectivity index (χ4n) is 1.35. The van der Waals surface area contributed by atoms with Crippen LogP contribution in [0.1, 0.15) is 50.1 Å². The van der Waals surface area contributed by atoms with Crippen molar-refractivity contribution in [3.8, 4) is 0 Å². The summed E-state index contributed by atoms with van der Waals surface area (Å²) >= 11 is 1.81. The third-order valence-electron chi connectivity index (χ3n) is 2.14. The third kappa shape index (κ3) is 5.68. The molecular weight excluding hydrogens is 236 g/mol. The van der Waals surface area contributed by atoms with Gasteiger partial charge in [0.05, 0.1) is 11.2 Å². The van der Waals surface area contributed by atoms with Crippen LogP contribution in [-0.4, -0.2) is 16.7 Å². The predicted octanol–water partition coefficient (Wildman–Crippen LogP) is 3.21. The van der Waals surface area contributed by atoms with Crippen molar-refractivity contribution in [3.63, 3.8) is 0 Å². The van der Waals surface area contributed by atoms with E-state index in [0.717, 1.165) is 5.92 Å². The second kappa shape index (κ2) is 5.49. The Morgan fingerprint density at radius 3 is 2.35 bits per heavy atom. The average Bonchev–Trinajstić information content (AvgIpc) is 2.87. The number of thiazole rings is 1. The van der Waals surface area contributed by atoms with Crippen molar-refractivity contribution in [3.05, 3.63) is 16.1 Å². The normalized spacial score (nSPS) is 14.8. The monoisotopic (exact) mass is 256 g/mol. The minimum Gasteiger partial charge on any atom is -0.444 e. The van der Waals surface area contributed by atoms with Crippen LogP contribution in [0.5, 0.6) is 0 Å². The summed E-state index contributed by atoms with van der Waals surface area (Å²) in [7, 11) is 0. The maximum Gasteiger partial charge on any atom is 0.405 e. The van der Waals surface area contributed by atoms with Gasteiger partial charge in [-0.2, -0.15) is 0 Å². The lowest BCUT2D eigenvalue weighted by Gasteiger charge is -2.16. The van der Waals surface area contributed by atoms with Crippen molar-refractivity contribution >= 4 is 17.4 Å². The molecule has 0 radical (unpaired) electrons. The fraction of sp³-hybridized carbons (Fsp3) is 0.667. The van der Waals surface area contributed by atoms with E-state index >= 15 is 0 Å². The highest BCUT2D eigenvalue weighted by molar-refractivity contribution is 7.09. The number of amides is 1. The van der Waals surface area contributed by atoms with Crippen LogP contribution in [0.2, 0.25) is 0 Å². The molecule has 0 saturated heterocycles. The van der Waals surface area contributed by atoms with Gasteiger partial charge in [-0.05, 0) is 46.5 Å². The molecule has 1 heterocycles. The van der Waals surface area contributed by atoms with Gasteiger partial charge < -0.3 is 10.5 Å². The van der Waals surface area contributed by atoms with Gasteiger partial charge in [-0.1, -0.05) is 0 Å². The van der Waals surface area contributed by atoms with E-state index in [9.17, 15) is 4.79 Å². The van der Waals surface area contributed by atoms with E-state index < -0.39 is 11.7 Å². The summed E-state index contributed by atoms with van der Waals surface area (Å²) < 4.78 is 4.58. The summed E-state index contributed by atoms with van der Waals surface area (Å²) in [6, 6.07) is 0. The minimum absolute atomic E-state index is 0.453. The molecule has 0 unspecified atom stereocenters. The summed E-state index contributed by atoms with van der Waals surface area (Å²) in [5.41, 5.74) is 7.46. The Kier molecular flexibility index (Phi) is 4.51. The molecule has 96 valence electrons. The summed E-state index contributed by atoms with van der Waals surface area (Å²) in [5, 5.41) is 0. The van der Waals surface area contributed by atoms with E-state index in [1.54, 1.807) is 20.8 Å². The Hall–Kier alpha value is -1.10. The van der Waals surface area contributed by atoms with Crippen LogP contribution in [-0.2, 0) is 4.74 Å². The zero-order valence-corrected chi connectivity index (χ0v) is 11.6. The number of primary amides is 1. The van der Waals surface area contributed by atoms with Gasteiger partial charge in [0.25, 0.3) is 0 Å². The summed E-state index contributed by atoms with van der Waals surface area (Å²) in [6.07, 6.45) is 2.06. The topological polar surface area (TPSA) is 65.2 Å². The molecule has 1 aliphatic rings. The first-order valence-corrected chi connectivity index (χ1v) is 6.56. The zero-order chi connectivity index (χ0) is 13.1. The van der Waals surface area contributed by atoms with Crippen LogP contribution >= 0.6 is 11.3 Å². The van der Waals surface area contributed by atoms with Crippen molar-refractivity contribution in [2.45, 2.75) is 52.1 Å². The van der Waals surface area contributed by atoms with Gasteiger partial charge in [0.1, 0.15) is 5.60 Å². The highest BCUT2D eigenvalue weighted by Gasteiger charge is 2.26. The number of nitrogens with two attached hydrogens (primary N) is 1. The van der Waals surface area contributed by atoms with Gasteiger partial charge >= 0.3 is 6.09 Å². The average molecular weight is 256 g/mol. The van der Waals surface area contributed by atoms with Gasteiger partial charge in [0.15, 0.2) is 0 Å². The van der Waals surface area contributed by atoms with Gasteiger partial charge in [-0.15, -0.1) is 11.3 Å². The fourth-order valence-corrected chi connectivity index (χ4v) is 2.33. The van der Waals surface area contributed by atoms with Gasteiger partial charge in [-0.25, -0.2) is 9.78 Å². The largest absolute Gasteiger partial charge is 0.444 e. The summed E-state index contributed by atoms with van der Waals surface area (Å²) in [4.78, 5) is 15.7. The summed E-state index contributed by atoms with van der Waals surface area (Å²) in [6.45, 7) is 7.39. The molecule has 1 aromatic rings. The molecule has 1 saturated carbocycles. The number of carbonyl (C=O) groups is 1. The Balaban J connectivity index is 0.000000172. The lowest BCUT2D eigenvalue weighted by atomic mass is 10.2. The number of rotatable bonds is 1. The van der Waals surface area contributed by atoms with Crippen LogP contribution in [0.25, 0.3) is 0 Å². The number of aromatic nitrogens is 1. The molecule has 2 rings (SSSR count). The van der Waals surface area contributed by atoms with Crippen LogP contribution in [0.3, 0.4) is 0 Å². The first-order chi connectivity index (χ1) is 7.79. The lowest BCUT2D eigenvalue weighted by Crippen LogP contribution is -2.27. The molecule has 0 aliphatic heterocycles. The van der Waals surface area contributed by atoms with Crippen LogP contribution < -0.4 is 5.73 Å². The molecule has 4 nitrogen and oxygen atoms in total. The number of aryl methyl sites for hydroxylation is 1. The van der Waals surface area contributed by atoms with Crippen LogP contribution in [0.4, 0.5) is 4.79 Å². The zero-order valence-electron chi connectivity index (χ0n) is 10.8. The number of hydrogen-bond donors (Lipinski definition) is 1. The first-order valence-electron chi connectivity index (χ1n) is 5.68. The lowest BCUT2D eigenvalue weighted by molar-refractivity contribution is 0.0600. The Labute approximate surface area is 106 Å². The number of nitrogens with zero attached hydrogens (tertiary/aromatic N) is 1.